The number of carbonyl (C=O) groups is 1. The van der Waals surface area contributed by atoms with E-state index < -0.39 is 5.24 Å². The molecule has 0 radical (unpaired) electrons. The topological polar surface area (TPSA) is 17.1 Å². The van der Waals surface area contributed by atoms with Crippen molar-refractivity contribution in [1.29, 1.82) is 0 Å². The van der Waals surface area contributed by atoms with Gasteiger partial charge >= 0.3 is 0 Å². The molecule has 0 amide bonds. The Morgan fingerprint density at radius 2 is 2.00 bits per heavy atom. The zero-order valence-corrected chi connectivity index (χ0v) is 8.06. The number of alkyl halides is 1. The van der Waals surface area contributed by atoms with Crippen LogP contribution < -0.4 is 0 Å². The predicted octanol–water partition coefficient (Wildman–Crippen LogP) is 3.37. The van der Waals surface area contributed by atoms with E-state index in [2.05, 4.69) is 0 Å². The van der Waals surface area contributed by atoms with Crippen LogP contribution in [0.4, 0.5) is 0 Å². The second kappa shape index (κ2) is 3.92. The summed E-state index contributed by atoms with van der Waals surface area (Å²) in [5.41, 5.74) is 1.26. The van der Waals surface area contributed by atoms with Crippen LogP contribution in [-0.4, -0.2) is 5.24 Å². The van der Waals surface area contributed by atoms with E-state index in [9.17, 15) is 4.79 Å². The second-order valence-corrected chi connectivity index (χ2v) is 3.47. The third kappa shape index (κ3) is 1.99. The molecule has 64 valence electrons. The lowest BCUT2D eigenvalue weighted by Gasteiger charge is -2.06. The smallest absolute Gasteiger partial charge is 0.252 e. The Labute approximate surface area is 81.3 Å². The average Bonchev–Trinajstić information content (AvgIpc) is 2.04. The molecule has 3 heteroatoms. The average molecular weight is 203 g/mol. The summed E-state index contributed by atoms with van der Waals surface area (Å²) in [6.07, 6.45) is 0. The number of hydrogen-bond acceptors (Lipinski definition) is 1. The number of benzene rings is 1. The molecule has 1 unspecified atom stereocenters. The molecular weight excluding hydrogens is 195 g/mol. The van der Waals surface area contributed by atoms with E-state index in [0.29, 0.717) is 5.56 Å². The van der Waals surface area contributed by atoms with Crippen LogP contribution in [0.15, 0.2) is 24.3 Å². The molecule has 1 aromatic rings. The summed E-state index contributed by atoms with van der Waals surface area (Å²) in [6.45, 7) is 1.81. The molecule has 0 N–H and O–H groups in total. The number of carbonyl (C=O) groups excluding carboxylic acids is 1. The summed E-state index contributed by atoms with van der Waals surface area (Å²) in [5.74, 6) is 0. The molecule has 1 aromatic carbocycles. The van der Waals surface area contributed by atoms with Gasteiger partial charge in [-0.3, -0.25) is 4.79 Å². The Hall–Kier alpha value is -0.530. The van der Waals surface area contributed by atoms with Gasteiger partial charge in [-0.1, -0.05) is 18.2 Å². The summed E-state index contributed by atoms with van der Waals surface area (Å²) in [6, 6.07) is 7.06. The van der Waals surface area contributed by atoms with Crippen molar-refractivity contribution in [2.24, 2.45) is 0 Å². The first kappa shape index (κ1) is 9.56. The third-order valence-electron chi connectivity index (χ3n) is 1.60. The number of rotatable bonds is 2. The molecule has 0 heterocycles. The van der Waals surface area contributed by atoms with Crippen molar-refractivity contribution in [3.63, 3.8) is 0 Å². The van der Waals surface area contributed by atoms with E-state index in [1.165, 1.54) is 0 Å². The predicted molar refractivity (Wildman–Crippen MR) is 50.9 cm³/mol. The van der Waals surface area contributed by atoms with Crippen LogP contribution in [0.1, 0.15) is 28.2 Å². The molecule has 0 aliphatic heterocycles. The molecular formula is C9H8Cl2O. The highest BCUT2D eigenvalue weighted by Gasteiger charge is 2.11. The Morgan fingerprint density at radius 1 is 1.42 bits per heavy atom. The van der Waals surface area contributed by atoms with Gasteiger partial charge in [-0.15, -0.1) is 11.6 Å². The minimum atomic E-state index is -0.460. The molecule has 1 nitrogen and oxygen atoms in total. The Balaban J connectivity index is 3.17. The largest absolute Gasteiger partial charge is 0.276 e. The summed E-state index contributed by atoms with van der Waals surface area (Å²) < 4.78 is 0. The first-order chi connectivity index (χ1) is 5.63. The lowest BCUT2D eigenvalue weighted by Crippen LogP contribution is -1.97. The van der Waals surface area contributed by atoms with Crippen LogP contribution in [-0.2, 0) is 0 Å². The van der Waals surface area contributed by atoms with Crippen LogP contribution >= 0.6 is 23.2 Å². The molecule has 0 aliphatic carbocycles. The van der Waals surface area contributed by atoms with Crippen molar-refractivity contribution in [3.05, 3.63) is 35.4 Å². The van der Waals surface area contributed by atoms with Crippen LogP contribution in [0, 0.1) is 0 Å². The quantitative estimate of drug-likeness (QED) is 0.532. The lowest BCUT2D eigenvalue weighted by atomic mass is 10.1. The minimum Gasteiger partial charge on any atom is -0.276 e. The maximum absolute atomic E-state index is 10.9. The van der Waals surface area contributed by atoms with Gasteiger partial charge in [-0.25, -0.2) is 0 Å². The maximum Gasteiger partial charge on any atom is 0.252 e. The van der Waals surface area contributed by atoms with Gasteiger partial charge in [-0.05, 0) is 30.2 Å². The van der Waals surface area contributed by atoms with E-state index in [1.807, 2.05) is 6.07 Å². The van der Waals surface area contributed by atoms with Crippen LogP contribution in [0.25, 0.3) is 0 Å². The molecule has 0 aromatic heterocycles. The Kier molecular flexibility index (Phi) is 3.12. The molecule has 0 bridgehead atoms. The molecule has 1 atom stereocenters. The lowest BCUT2D eigenvalue weighted by molar-refractivity contribution is 0.108. The molecule has 0 saturated heterocycles. The number of halogens is 2. The van der Waals surface area contributed by atoms with Gasteiger partial charge < -0.3 is 0 Å². The zero-order chi connectivity index (χ0) is 9.14. The Bertz CT molecular complexity index is 294. The van der Waals surface area contributed by atoms with Crippen LogP contribution in [0.3, 0.4) is 0 Å². The molecule has 1 rings (SSSR count). The highest BCUT2D eigenvalue weighted by molar-refractivity contribution is 6.68. The fraction of sp³-hybridized carbons (Fsp3) is 0.222. The SMILES string of the molecule is CC(Cl)c1ccccc1C(=O)Cl. The van der Waals surface area contributed by atoms with E-state index >= 15 is 0 Å². The van der Waals surface area contributed by atoms with Gasteiger partial charge in [0.15, 0.2) is 0 Å². The van der Waals surface area contributed by atoms with Crippen molar-refractivity contribution in [1.82, 2.24) is 0 Å². The minimum absolute atomic E-state index is 0.191. The Morgan fingerprint density at radius 3 is 2.42 bits per heavy atom. The van der Waals surface area contributed by atoms with E-state index in [-0.39, 0.29) is 5.38 Å². The third-order valence-corrected chi connectivity index (χ3v) is 2.04. The summed E-state index contributed by atoms with van der Waals surface area (Å²) in [7, 11) is 0. The summed E-state index contributed by atoms with van der Waals surface area (Å²) in [5, 5.41) is -0.651. The van der Waals surface area contributed by atoms with Crippen LogP contribution in [0.2, 0.25) is 0 Å². The highest BCUT2D eigenvalue weighted by Crippen LogP contribution is 2.23. The summed E-state index contributed by atoms with van der Waals surface area (Å²) in [4.78, 5) is 10.9. The standard InChI is InChI=1S/C9H8Cl2O/c1-6(10)7-4-2-3-5-8(7)9(11)12/h2-6H,1H3. The van der Waals surface area contributed by atoms with E-state index in [0.717, 1.165) is 5.56 Å². The van der Waals surface area contributed by atoms with E-state index in [1.54, 1.807) is 25.1 Å². The van der Waals surface area contributed by atoms with Crippen molar-refractivity contribution in [3.8, 4) is 0 Å². The first-order valence-electron chi connectivity index (χ1n) is 3.55. The van der Waals surface area contributed by atoms with Crippen LogP contribution in [0.5, 0.6) is 0 Å². The van der Waals surface area contributed by atoms with Gasteiger partial charge in [0.2, 0.25) is 0 Å². The highest BCUT2D eigenvalue weighted by atomic mass is 35.5. The van der Waals surface area contributed by atoms with Gasteiger partial charge in [0.1, 0.15) is 0 Å². The molecule has 0 saturated carbocycles. The van der Waals surface area contributed by atoms with Gasteiger partial charge in [0, 0.05) is 5.56 Å². The number of hydrogen-bond donors (Lipinski definition) is 0. The van der Waals surface area contributed by atoms with Crippen molar-refractivity contribution in [2.75, 3.05) is 0 Å². The van der Waals surface area contributed by atoms with Gasteiger partial charge in [0.25, 0.3) is 5.24 Å². The normalized spacial score (nSPS) is 12.6. The fourth-order valence-electron chi connectivity index (χ4n) is 1.02. The molecule has 0 aliphatic rings. The molecule has 0 spiro atoms. The summed E-state index contributed by atoms with van der Waals surface area (Å²) >= 11 is 11.2. The second-order valence-electron chi connectivity index (χ2n) is 2.48. The zero-order valence-electron chi connectivity index (χ0n) is 6.55. The van der Waals surface area contributed by atoms with E-state index in [4.69, 9.17) is 23.2 Å². The molecule has 12 heavy (non-hydrogen) atoms. The first-order valence-corrected chi connectivity index (χ1v) is 4.37. The monoisotopic (exact) mass is 202 g/mol. The van der Waals surface area contributed by atoms with Crippen molar-refractivity contribution in [2.45, 2.75) is 12.3 Å². The van der Waals surface area contributed by atoms with Crippen molar-refractivity contribution < 1.29 is 4.79 Å². The maximum atomic E-state index is 10.9. The molecule has 0 fully saturated rings. The fourth-order valence-corrected chi connectivity index (χ4v) is 1.39. The van der Waals surface area contributed by atoms with Gasteiger partial charge in [-0.2, -0.15) is 0 Å². The van der Waals surface area contributed by atoms with Gasteiger partial charge in [0.05, 0.1) is 5.38 Å². The van der Waals surface area contributed by atoms with Crippen molar-refractivity contribution >= 4 is 28.4 Å².